The van der Waals surface area contributed by atoms with Gasteiger partial charge in [-0.1, -0.05) is 42.0 Å². The van der Waals surface area contributed by atoms with Crippen LogP contribution < -0.4 is 5.32 Å². The van der Waals surface area contributed by atoms with E-state index in [9.17, 15) is 14.9 Å². The molecule has 2 amide bonds. The first-order valence-electron chi connectivity index (χ1n) is 7.94. The van der Waals surface area contributed by atoms with Crippen molar-refractivity contribution in [3.8, 4) is 0 Å². The van der Waals surface area contributed by atoms with E-state index >= 15 is 0 Å². The summed E-state index contributed by atoms with van der Waals surface area (Å²) in [6.07, 6.45) is 1.82. The number of carbonyl (C=O) groups excluding carboxylic acids is 1. The topological polar surface area (TPSA) is 75.5 Å². The van der Waals surface area contributed by atoms with Gasteiger partial charge in [0.25, 0.3) is 5.69 Å². The first-order valence-corrected chi connectivity index (χ1v) is 7.94. The Morgan fingerprint density at radius 2 is 2.04 bits per heavy atom. The minimum absolute atomic E-state index is 0.00710. The molecule has 0 radical (unpaired) electrons. The van der Waals surface area contributed by atoms with Crippen molar-refractivity contribution < 1.29 is 9.72 Å². The highest BCUT2D eigenvalue weighted by Gasteiger charge is 2.30. The van der Waals surface area contributed by atoms with Crippen LogP contribution in [-0.2, 0) is 0 Å². The average Bonchev–Trinajstić information content (AvgIpc) is 3.05. The third-order valence-electron chi connectivity index (χ3n) is 4.28. The zero-order valence-corrected chi connectivity index (χ0v) is 13.4. The largest absolute Gasteiger partial charge is 0.322 e. The number of nitro benzene ring substituents is 1. The van der Waals surface area contributed by atoms with Crippen LogP contribution in [0.3, 0.4) is 0 Å². The van der Waals surface area contributed by atoms with Gasteiger partial charge in [-0.2, -0.15) is 0 Å². The van der Waals surface area contributed by atoms with Gasteiger partial charge in [0, 0.05) is 12.6 Å². The molecule has 0 bridgehead atoms. The summed E-state index contributed by atoms with van der Waals surface area (Å²) < 4.78 is 0. The third-order valence-corrected chi connectivity index (χ3v) is 4.28. The number of nitro groups is 1. The molecule has 1 N–H and O–H groups in total. The fraction of sp³-hybridized carbons (Fsp3) is 0.278. The van der Waals surface area contributed by atoms with Crippen LogP contribution in [0, 0.1) is 17.0 Å². The molecule has 2 aromatic carbocycles. The smallest absolute Gasteiger partial charge is 0.317 e. The Morgan fingerprint density at radius 1 is 1.25 bits per heavy atom. The Hall–Kier alpha value is -2.89. The molecule has 3 rings (SSSR count). The van der Waals surface area contributed by atoms with E-state index in [1.807, 2.05) is 25.1 Å². The fourth-order valence-electron chi connectivity index (χ4n) is 3.16. The first-order chi connectivity index (χ1) is 11.6. The minimum Gasteiger partial charge on any atom is -0.317 e. The van der Waals surface area contributed by atoms with Gasteiger partial charge in [0.1, 0.15) is 5.69 Å². The van der Waals surface area contributed by atoms with Gasteiger partial charge in [-0.3, -0.25) is 10.1 Å². The van der Waals surface area contributed by atoms with Crippen LogP contribution in [0.25, 0.3) is 0 Å². The number of benzene rings is 2. The van der Waals surface area contributed by atoms with Crippen LogP contribution in [0.15, 0.2) is 48.5 Å². The Bertz CT molecular complexity index is 776. The van der Waals surface area contributed by atoms with Gasteiger partial charge >= 0.3 is 6.03 Å². The van der Waals surface area contributed by atoms with Crippen LogP contribution in [0.1, 0.15) is 30.0 Å². The number of anilines is 1. The molecular weight excluding hydrogens is 306 g/mol. The lowest BCUT2D eigenvalue weighted by atomic mass is 10.0. The maximum atomic E-state index is 12.7. The quantitative estimate of drug-likeness (QED) is 0.676. The summed E-state index contributed by atoms with van der Waals surface area (Å²) in [5.74, 6) is 0. The lowest BCUT2D eigenvalue weighted by Crippen LogP contribution is -2.34. The molecule has 0 unspecified atom stereocenters. The lowest BCUT2D eigenvalue weighted by Gasteiger charge is -2.25. The maximum Gasteiger partial charge on any atom is 0.322 e. The number of rotatable bonds is 3. The van der Waals surface area contributed by atoms with E-state index in [1.165, 1.54) is 6.07 Å². The number of nitrogens with one attached hydrogen (secondary N) is 1. The van der Waals surface area contributed by atoms with Crippen LogP contribution in [-0.4, -0.2) is 22.4 Å². The molecule has 1 fully saturated rings. The predicted molar refractivity (Wildman–Crippen MR) is 92.0 cm³/mol. The summed E-state index contributed by atoms with van der Waals surface area (Å²) >= 11 is 0. The number of hydrogen-bond donors (Lipinski definition) is 1. The van der Waals surface area contributed by atoms with Crippen LogP contribution in [0.4, 0.5) is 16.2 Å². The van der Waals surface area contributed by atoms with Gasteiger partial charge in [0.15, 0.2) is 0 Å². The van der Waals surface area contributed by atoms with Crippen molar-refractivity contribution in [1.82, 2.24) is 4.90 Å². The van der Waals surface area contributed by atoms with E-state index in [0.717, 1.165) is 24.0 Å². The molecule has 1 aliphatic heterocycles. The van der Waals surface area contributed by atoms with Gasteiger partial charge in [-0.25, -0.2) is 4.79 Å². The number of nitrogens with zero attached hydrogens (tertiary/aromatic N) is 2. The summed E-state index contributed by atoms with van der Waals surface area (Å²) in [4.78, 5) is 25.0. The van der Waals surface area contributed by atoms with Crippen molar-refractivity contribution >= 4 is 17.4 Å². The van der Waals surface area contributed by atoms with Gasteiger partial charge in [-0.15, -0.1) is 0 Å². The van der Waals surface area contributed by atoms with Crippen LogP contribution in [0.5, 0.6) is 0 Å². The molecular formula is C18H19N3O3. The standard InChI is InChI=1S/C18H19N3O3/c1-13-6-4-7-14(12-13)16-10-5-11-20(16)18(22)19-15-8-2-3-9-17(15)21(23)24/h2-4,6-9,12,16H,5,10-11H2,1H3,(H,19,22)/t16-/m0/s1. The summed E-state index contributed by atoms with van der Waals surface area (Å²) in [6, 6.07) is 14.0. The van der Waals surface area contributed by atoms with Gasteiger partial charge in [0.2, 0.25) is 0 Å². The Kier molecular flexibility index (Phi) is 4.46. The Labute approximate surface area is 140 Å². The number of carbonyl (C=O) groups is 1. The van der Waals surface area contributed by atoms with Crippen molar-refractivity contribution in [3.05, 3.63) is 69.8 Å². The molecule has 6 heteroatoms. The zero-order chi connectivity index (χ0) is 17.1. The molecule has 2 aromatic rings. The van der Waals surface area contributed by atoms with Crippen molar-refractivity contribution in [2.75, 3.05) is 11.9 Å². The SMILES string of the molecule is Cc1cccc([C@@H]2CCCN2C(=O)Nc2ccccc2[N+](=O)[O-])c1. The molecule has 1 aliphatic rings. The fourth-order valence-corrected chi connectivity index (χ4v) is 3.16. The summed E-state index contributed by atoms with van der Waals surface area (Å²) in [5, 5.41) is 13.8. The van der Waals surface area contributed by atoms with E-state index < -0.39 is 4.92 Å². The van der Waals surface area contributed by atoms with Crippen LogP contribution >= 0.6 is 0 Å². The second-order valence-corrected chi connectivity index (χ2v) is 5.97. The molecule has 6 nitrogen and oxygen atoms in total. The monoisotopic (exact) mass is 325 g/mol. The highest BCUT2D eigenvalue weighted by atomic mass is 16.6. The van der Waals surface area contributed by atoms with Crippen molar-refractivity contribution in [2.45, 2.75) is 25.8 Å². The first kappa shape index (κ1) is 16.0. The van der Waals surface area contributed by atoms with Crippen molar-refractivity contribution in [2.24, 2.45) is 0 Å². The van der Waals surface area contributed by atoms with Crippen molar-refractivity contribution in [1.29, 1.82) is 0 Å². The minimum atomic E-state index is -0.488. The average molecular weight is 325 g/mol. The summed E-state index contributed by atoms with van der Waals surface area (Å²) in [7, 11) is 0. The third kappa shape index (κ3) is 3.22. The number of aryl methyl sites for hydroxylation is 1. The van der Waals surface area contributed by atoms with Gasteiger partial charge < -0.3 is 10.2 Å². The van der Waals surface area contributed by atoms with E-state index in [1.54, 1.807) is 23.1 Å². The normalized spacial score (nSPS) is 16.9. The summed E-state index contributed by atoms with van der Waals surface area (Å²) in [6.45, 7) is 2.67. The van der Waals surface area contributed by atoms with E-state index in [4.69, 9.17) is 0 Å². The molecule has 1 atom stereocenters. The predicted octanol–water partition coefficient (Wildman–Crippen LogP) is 4.27. The van der Waals surface area contributed by atoms with Crippen molar-refractivity contribution in [3.63, 3.8) is 0 Å². The number of urea groups is 1. The number of para-hydroxylation sites is 2. The number of likely N-dealkylation sites (tertiary alicyclic amines) is 1. The number of amides is 2. The molecule has 124 valence electrons. The maximum absolute atomic E-state index is 12.7. The molecule has 24 heavy (non-hydrogen) atoms. The summed E-state index contributed by atoms with van der Waals surface area (Å²) in [5.41, 5.74) is 2.38. The highest BCUT2D eigenvalue weighted by molar-refractivity contribution is 5.92. The molecule has 0 aromatic heterocycles. The molecule has 0 aliphatic carbocycles. The number of hydrogen-bond acceptors (Lipinski definition) is 3. The molecule has 1 heterocycles. The second kappa shape index (κ2) is 6.70. The second-order valence-electron chi connectivity index (χ2n) is 5.97. The van der Waals surface area contributed by atoms with E-state index in [-0.39, 0.29) is 23.4 Å². The Balaban J connectivity index is 1.81. The highest BCUT2D eigenvalue weighted by Crippen LogP contribution is 2.33. The Morgan fingerprint density at radius 3 is 2.79 bits per heavy atom. The molecule has 0 spiro atoms. The lowest BCUT2D eigenvalue weighted by molar-refractivity contribution is -0.383. The van der Waals surface area contributed by atoms with Gasteiger partial charge in [-0.05, 0) is 31.4 Å². The van der Waals surface area contributed by atoms with Gasteiger partial charge in [0.05, 0.1) is 11.0 Å². The van der Waals surface area contributed by atoms with Crippen LogP contribution in [0.2, 0.25) is 0 Å². The molecule has 0 saturated carbocycles. The molecule has 1 saturated heterocycles. The van der Waals surface area contributed by atoms with E-state index in [0.29, 0.717) is 6.54 Å². The zero-order valence-electron chi connectivity index (χ0n) is 13.4. The van der Waals surface area contributed by atoms with E-state index in [2.05, 4.69) is 11.4 Å².